The van der Waals surface area contributed by atoms with E-state index in [2.05, 4.69) is 20.2 Å². The number of urea groups is 1. The van der Waals surface area contributed by atoms with Gasteiger partial charge in [0.15, 0.2) is 0 Å². The van der Waals surface area contributed by atoms with E-state index in [-0.39, 0.29) is 6.03 Å². The summed E-state index contributed by atoms with van der Waals surface area (Å²) in [6.45, 7) is 2.97. The summed E-state index contributed by atoms with van der Waals surface area (Å²) >= 11 is 0. The summed E-state index contributed by atoms with van der Waals surface area (Å²) in [5, 5.41) is 3.22. The maximum absolute atomic E-state index is 12.6. The maximum atomic E-state index is 12.6. The van der Waals surface area contributed by atoms with Crippen molar-refractivity contribution in [1.29, 1.82) is 0 Å². The standard InChI is InChI=1S/C22H29N5O2/c1-29-19-9-7-17(8-10-19)20-15-21(24-16-23-20)26-11-13-27(14-12-26)22(28)25-18-5-3-2-4-6-18/h7-10,15-16,18H,2-6,11-14H2,1H3,(H,25,28). The number of methoxy groups -OCH3 is 1. The first kappa shape index (κ1) is 19.5. The van der Waals surface area contributed by atoms with Crippen LogP contribution in [0.1, 0.15) is 32.1 Å². The van der Waals surface area contributed by atoms with Gasteiger partial charge in [0.25, 0.3) is 0 Å². The van der Waals surface area contributed by atoms with Crippen LogP contribution in [0.5, 0.6) is 5.75 Å². The number of aromatic nitrogens is 2. The Morgan fingerprint density at radius 1 is 1.03 bits per heavy atom. The Balaban J connectivity index is 1.35. The third-order valence-electron chi connectivity index (χ3n) is 5.86. The summed E-state index contributed by atoms with van der Waals surface area (Å²) in [6.07, 6.45) is 7.58. The Kier molecular flexibility index (Phi) is 6.12. The van der Waals surface area contributed by atoms with E-state index in [1.807, 2.05) is 35.2 Å². The highest BCUT2D eigenvalue weighted by molar-refractivity contribution is 5.75. The molecule has 1 saturated carbocycles. The normalized spacial score (nSPS) is 17.8. The van der Waals surface area contributed by atoms with Gasteiger partial charge in [-0.15, -0.1) is 0 Å². The number of carbonyl (C=O) groups is 1. The molecular formula is C22H29N5O2. The molecule has 7 heteroatoms. The van der Waals surface area contributed by atoms with Crippen molar-refractivity contribution >= 4 is 11.8 Å². The lowest BCUT2D eigenvalue weighted by atomic mass is 9.96. The van der Waals surface area contributed by atoms with Gasteiger partial charge in [-0.1, -0.05) is 19.3 Å². The first-order valence-corrected chi connectivity index (χ1v) is 10.5. The fourth-order valence-electron chi connectivity index (χ4n) is 4.09. The van der Waals surface area contributed by atoms with E-state index in [1.54, 1.807) is 13.4 Å². The molecule has 4 rings (SSSR count). The largest absolute Gasteiger partial charge is 0.497 e. The zero-order valence-electron chi connectivity index (χ0n) is 17.0. The molecule has 2 heterocycles. The minimum absolute atomic E-state index is 0.0816. The minimum atomic E-state index is 0.0816. The molecule has 1 aliphatic heterocycles. The van der Waals surface area contributed by atoms with Crippen LogP contribution in [-0.2, 0) is 0 Å². The Bertz CT molecular complexity index is 812. The molecule has 0 spiro atoms. The van der Waals surface area contributed by atoms with Gasteiger partial charge >= 0.3 is 6.03 Å². The van der Waals surface area contributed by atoms with Crippen LogP contribution in [0.15, 0.2) is 36.7 Å². The van der Waals surface area contributed by atoms with Crippen LogP contribution in [0.2, 0.25) is 0 Å². The summed E-state index contributed by atoms with van der Waals surface area (Å²) in [5.41, 5.74) is 1.91. The molecule has 2 fully saturated rings. The summed E-state index contributed by atoms with van der Waals surface area (Å²) in [6, 6.07) is 10.3. The van der Waals surface area contributed by atoms with E-state index in [1.165, 1.54) is 19.3 Å². The second kappa shape index (κ2) is 9.11. The number of rotatable bonds is 4. The predicted molar refractivity (Wildman–Crippen MR) is 113 cm³/mol. The number of carbonyl (C=O) groups excluding carboxylic acids is 1. The van der Waals surface area contributed by atoms with Crippen LogP contribution in [0.3, 0.4) is 0 Å². The molecule has 1 aromatic carbocycles. The Hall–Kier alpha value is -2.83. The number of ether oxygens (including phenoxy) is 1. The van der Waals surface area contributed by atoms with E-state index in [0.29, 0.717) is 19.1 Å². The molecule has 7 nitrogen and oxygen atoms in total. The van der Waals surface area contributed by atoms with Gasteiger partial charge < -0.3 is 19.9 Å². The lowest BCUT2D eigenvalue weighted by Gasteiger charge is -2.36. The van der Waals surface area contributed by atoms with Crippen molar-refractivity contribution in [2.24, 2.45) is 0 Å². The predicted octanol–water partition coefficient (Wildman–Crippen LogP) is 3.32. The number of benzene rings is 1. The number of nitrogens with zero attached hydrogens (tertiary/aromatic N) is 4. The highest BCUT2D eigenvalue weighted by Crippen LogP contribution is 2.24. The molecule has 1 N–H and O–H groups in total. The zero-order chi connectivity index (χ0) is 20.1. The molecule has 29 heavy (non-hydrogen) atoms. The average Bonchev–Trinajstić information content (AvgIpc) is 2.80. The smallest absolute Gasteiger partial charge is 0.317 e. The summed E-state index contributed by atoms with van der Waals surface area (Å²) in [5.74, 6) is 1.73. The molecule has 1 aromatic heterocycles. The molecule has 2 aliphatic rings. The lowest BCUT2D eigenvalue weighted by molar-refractivity contribution is 0.186. The zero-order valence-corrected chi connectivity index (χ0v) is 17.0. The highest BCUT2D eigenvalue weighted by atomic mass is 16.5. The van der Waals surface area contributed by atoms with Crippen molar-refractivity contribution in [3.8, 4) is 17.0 Å². The number of nitrogens with one attached hydrogen (secondary N) is 1. The van der Waals surface area contributed by atoms with E-state index >= 15 is 0 Å². The first-order valence-electron chi connectivity index (χ1n) is 10.5. The fourth-order valence-corrected chi connectivity index (χ4v) is 4.09. The molecule has 1 saturated heterocycles. The molecule has 0 unspecified atom stereocenters. The van der Waals surface area contributed by atoms with Crippen LogP contribution in [0.25, 0.3) is 11.3 Å². The molecular weight excluding hydrogens is 366 g/mol. The fraction of sp³-hybridized carbons (Fsp3) is 0.500. The number of hydrogen-bond donors (Lipinski definition) is 1. The summed E-state index contributed by atoms with van der Waals surface area (Å²) in [7, 11) is 1.66. The van der Waals surface area contributed by atoms with Crippen molar-refractivity contribution in [1.82, 2.24) is 20.2 Å². The van der Waals surface area contributed by atoms with Crippen LogP contribution >= 0.6 is 0 Å². The van der Waals surface area contributed by atoms with Crippen molar-refractivity contribution < 1.29 is 9.53 Å². The first-order chi connectivity index (χ1) is 14.2. The van der Waals surface area contributed by atoms with Gasteiger partial charge in [-0.05, 0) is 37.1 Å². The maximum Gasteiger partial charge on any atom is 0.317 e. The van der Waals surface area contributed by atoms with Gasteiger partial charge in [-0.25, -0.2) is 14.8 Å². The van der Waals surface area contributed by atoms with Gasteiger partial charge in [0.1, 0.15) is 17.9 Å². The number of piperazine rings is 1. The average molecular weight is 396 g/mol. The Morgan fingerprint density at radius 2 is 1.76 bits per heavy atom. The van der Waals surface area contributed by atoms with Crippen molar-refractivity contribution in [3.63, 3.8) is 0 Å². The van der Waals surface area contributed by atoms with Gasteiger partial charge in [0.2, 0.25) is 0 Å². The lowest BCUT2D eigenvalue weighted by Crippen LogP contribution is -2.53. The number of anilines is 1. The monoisotopic (exact) mass is 395 g/mol. The van der Waals surface area contributed by atoms with Crippen LogP contribution in [-0.4, -0.2) is 60.2 Å². The van der Waals surface area contributed by atoms with Gasteiger partial charge in [-0.3, -0.25) is 0 Å². The van der Waals surface area contributed by atoms with Gasteiger partial charge in [-0.2, -0.15) is 0 Å². The molecule has 154 valence electrons. The third-order valence-corrected chi connectivity index (χ3v) is 5.86. The number of amides is 2. The van der Waals surface area contributed by atoms with Crippen LogP contribution in [0.4, 0.5) is 10.6 Å². The van der Waals surface area contributed by atoms with E-state index in [0.717, 1.165) is 48.8 Å². The summed E-state index contributed by atoms with van der Waals surface area (Å²) in [4.78, 5) is 25.6. The van der Waals surface area contributed by atoms with Gasteiger partial charge in [0.05, 0.1) is 12.8 Å². The molecule has 1 aliphatic carbocycles. The van der Waals surface area contributed by atoms with E-state index in [9.17, 15) is 4.79 Å². The molecule has 0 radical (unpaired) electrons. The quantitative estimate of drug-likeness (QED) is 0.860. The second-order valence-corrected chi connectivity index (χ2v) is 7.75. The minimum Gasteiger partial charge on any atom is -0.497 e. The van der Waals surface area contributed by atoms with E-state index < -0.39 is 0 Å². The topological polar surface area (TPSA) is 70.6 Å². The summed E-state index contributed by atoms with van der Waals surface area (Å²) < 4.78 is 5.22. The molecule has 2 aromatic rings. The molecule has 2 amide bonds. The highest BCUT2D eigenvalue weighted by Gasteiger charge is 2.24. The van der Waals surface area contributed by atoms with E-state index in [4.69, 9.17) is 4.74 Å². The Morgan fingerprint density at radius 3 is 2.45 bits per heavy atom. The molecule has 0 bridgehead atoms. The van der Waals surface area contributed by atoms with Crippen LogP contribution in [0, 0.1) is 0 Å². The molecule has 0 atom stereocenters. The van der Waals surface area contributed by atoms with Crippen LogP contribution < -0.4 is 15.0 Å². The van der Waals surface area contributed by atoms with Crippen molar-refractivity contribution in [2.75, 3.05) is 38.2 Å². The number of hydrogen-bond acceptors (Lipinski definition) is 5. The third kappa shape index (κ3) is 4.78. The second-order valence-electron chi connectivity index (χ2n) is 7.75. The van der Waals surface area contributed by atoms with Crippen molar-refractivity contribution in [2.45, 2.75) is 38.1 Å². The van der Waals surface area contributed by atoms with Crippen molar-refractivity contribution in [3.05, 3.63) is 36.7 Å². The van der Waals surface area contributed by atoms with Gasteiger partial charge in [0, 0.05) is 43.9 Å². The Labute approximate surface area is 172 Å². The SMILES string of the molecule is COc1ccc(-c2cc(N3CCN(C(=O)NC4CCCCC4)CC3)ncn2)cc1.